The van der Waals surface area contributed by atoms with E-state index < -0.39 is 12.1 Å². The van der Waals surface area contributed by atoms with Crippen LogP contribution in [-0.4, -0.2) is 19.2 Å². The van der Waals surface area contributed by atoms with Crippen LogP contribution < -0.4 is 4.74 Å². The van der Waals surface area contributed by atoms with E-state index in [0.29, 0.717) is 11.3 Å². The van der Waals surface area contributed by atoms with Gasteiger partial charge in [-0.1, -0.05) is 6.08 Å². The van der Waals surface area contributed by atoms with Gasteiger partial charge in [0.25, 0.3) is 0 Å². The van der Waals surface area contributed by atoms with Crippen molar-refractivity contribution in [3.05, 3.63) is 35.7 Å². The number of methoxy groups -OCH3 is 1. The van der Waals surface area contributed by atoms with Crippen molar-refractivity contribution in [2.45, 2.75) is 6.10 Å². The summed E-state index contributed by atoms with van der Waals surface area (Å²) in [7, 11) is 1.29. The number of benzene rings is 1. The molecule has 1 heterocycles. The Kier molecular flexibility index (Phi) is 2.41. The first-order valence-electron chi connectivity index (χ1n) is 4.43. The smallest absolute Gasteiger partial charge is 0.351 e. The number of esters is 1. The van der Waals surface area contributed by atoms with Gasteiger partial charge in [0.2, 0.25) is 6.10 Å². The molecular weight excluding hydrogens is 199 g/mol. The van der Waals surface area contributed by atoms with Gasteiger partial charge in [0.05, 0.1) is 7.11 Å². The van der Waals surface area contributed by atoms with E-state index in [1.165, 1.54) is 31.4 Å². The molecule has 0 fully saturated rings. The molecule has 1 aliphatic heterocycles. The highest BCUT2D eigenvalue weighted by molar-refractivity contribution is 5.80. The normalized spacial score (nSPS) is 17.9. The lowest BCUT2D eigenvalue weighted by Gasteiger charge is -2.19. The van der Waals surface area contributed by atoms with Gasteiger partial charge in [0, 0.05) is 5.56 Å². The molecule has 0 N–H and O–H groups in total. The van der Waals surface area contributed by atoms with Crippen LogP contribution in [0.25, 0.3) is 6.08 Å². The van der Waals surface area contributed by atoms with Crippen LogP contribution in [0.3, 0.4) is 0 Å². The van der Waals surface area contributed by atoms with Crippen LogP contribution >= 0.6 is 0 Å². The van der Waals surface area contributed by atoms with Crippen molar-refractivity contribution in [1.29, 1.82) is 0 Å². The van der Waals surface area contributed by atoms with Gasteiger partial charge >= 0.3 is 5.97 Å². The SMILES string of the molecule is COC(=O)[C@H]1C=Cc2cc(F)ccc2O1. The maximum atomic E-state index is 12.8. The van der Waals surface area contributed by atoms with E-state index in [-0.39, 0.29) is 5.82 Å². The molecule has 0 unspecified atom stereocenters. The average molecular weight is 208 g/mol. The molecule has 2 rings (SSSR count). The van der Waals surface area contributed by atoms with Crippen LogP contribution in [0, 0.1) is 5.82 Å². The first-order valence-corrected chi connectivity index (χ1v) is 4.43. The summed E-state index contributed by atoms with van der Waals surface area (Å²) in [6.07, 6.45) is 2.44. The third-order valence-corrected chi connectivity index (χ3v) is 2.11. The number of rotatable bonds is 1. The van der Waals surface area contributed by atoms with E-state index in [9.17, 15) is 9.18 Å². The Morgan fingerprint density at radius 1 is 1.53 bits per heavy atom. The van der Waals surface area contributed by atoms with Crippen LogP contribution in [0.1, 0.15) is 5.56 Å². The second-order valence-electron chi connectivity index (χ2n) is 3.10. The molecule has 0 bridgehead atoms. The summed E-state index contributed by atoms with van der Waals surface area (Å²) in [6.45, 7) is 0. The molecule has 1 aliphatic rings. The third-order valence-electron chi connectivity index (χ3n) is 2.11. The molecule has 0 aliphatic carbocycles. The maximum absolute atomic E-state index is 12.8. The number of halogens is 1. The van der Waals surface area contributed by atoms with Crippen molar-refractivity contribution in [1.82, 2.24) is 0 Å². The lowest BCUT2D eigenvalue weighted by Crippen LogP contribution is -2.28. The van der Waals surface area contributed by atoms with Crippen LogP contribution in [-0.2, 0) is 9.53 Å². The van der Waals surface area contributed by atoms with E-state index in [1.807, 2.05) is 0 Å². The number of hydrogen-bond donors (Lipinski definition) is 0. The molecule has 0 amide bonds. The molecule has 1 aromatic carbocycles. The number of carbonyl (C=O) groups excluding carboxylic acids is 1. The molecular formula is C11H9FO3. The zero-order valence-electron chi connectivity index (χ0n) is 8.07. The van der Waals surface area contributed by atoms with Crippen molar-refractivity contribution in [3.8, 4) is 5.75 Å². The molecule has 78 valence electrons. The summed E-state index contributed by atoms with van der Waals surface area (Å²) in [4.78, 5) is 11.2. The number of ether oxygens (including phenoxy) is 2. The highest BCUT2D eigenvalue weighted by Gasteiger charge is 2.22. The topological polar surface area (TPSA) is 35.5 Å². The largest absolute Gasteiger partial charge is 0.474 e. The van der Waals surface area contributed by atoms with Crippen molar-refractivity contribution in [3.63, 3.8) is 0 Å². The summed E-state index contributed by atoms with van der Waals surface area (Å²) in [5.41, 5.74) is 0.621. The Morgan fingerprint density at radius 2 is 2.33 bits per heavy atom. The van der Waals surface area contributed by atoms with Crippen molar-refractivity contribution in [2.24, 2.45) is 0 Å². The maximum Gasteiger partial charge on any atom is 0.351 e. The second-order valence-corrected chi connectivity index (χ2v) is 3.10. The number of fused-ring (bicyclic) bond motifs is 1. The Bertz CT molecular complexity index is 426. The molecule has 1 aromatic rings. The first kappa shape index (κ1) is 9.71. The minimum Gasteiger partial charge on any atom is -0.474 e. The van der Waals surface area contributed by atoms with Gasteiger partial charge in [-0.25, -0.2) is 9.18 Å². The Balaban J connectivity index is 2.28. The first-order chi connectivity index (χ1) is 7.20. The summed E-state index contributed by atoms with van der Waals surface area (Å²) in [5.74, 6) is -0.325. The van der Waals surface area contributed by atoms with Crippen LogP contribution in [0.5, 0.6) is 5.75 Å². The molecule has 1 atom stereocenters. The van der Waals surface area contributed by atoms with Gasteiger partial charge in [-0.2, -0.15) is 0 Å². The van der Waals surface area contributed by atoms with Gasteiger partial charge < -0.3 is 9.47 Å². The van der Waals surface area contributed by atoms with Gasteiger partial charge in [-0.3, -0.25) is 0 Å². The molecule has 15 heavy (non-hydrogen) atoms. The summed E-state index contributed by atoms with van der Waals surface area (Å²) >= 11 is 0. The number of hydrogen-bond acceptors (Lipinski definition) is 3. The molecule has 3 nitrogen and oxygen atoms in total. The van der Waals surface area contributed by atoms with Gasteiger partial charge in [0.15, 0.2) is 0 Å². The fourth-order valence-corrected chi connectivity index (χ4v) is 1.37. The van der Waals surface area contributed by atoms with Crippen molar-refractivity contribution in [2.75, 3.05) is 7.11 Å². The summed E-state index contributed by atoms with van der Waals surface area (Å²) in [6, 6.07) is 4.12. The summed E-state index contributed by atoms with van der Waals surface area (Å²) < 4.78 is 22.7. The fourth-order valence-electron chi connectivity index (χ4n) is 1.37. The molecule has 0 saturated carbocycles. The van der Waals surface area contributed by atoms with E-state index in [1.54, 1.807) is 6.08 Å². The van der Waals surface area contributed by atoms with E-state index >= 15 is 0 Å². The van der Waals surface area contributed by atoms with Crippen LogP contribution in [0.15, 0.2) is 24.3 Å². The fraction of sp³-hybridized carbons (Fsp3) is 0.182. The quantitative estimate of drug-likeness (QED) is 0.660. The molecule has 0 spiro atoms. The predicted octanol–water partition coefficient (Wildman–Crippen LogP) is 1.77. The molecule has 0 radical (unpaired) electrons. The van der Waals surface area contributed by atoms with Crippen LogP contribution in [0.4, 0.5) is 4.39 Å². The zero-order chi connectivity index (χ0) is 10.8. The highest BCUT2D eigenvalue weighted by atomic mass is 19.1. The zero-order valence-corrected chi connectivity index (χ0v) is 8.07. The molecule has 0 aromatic heterocycles. The van der Waals surface area contributed by atoms with Gasteiger partial charge in [0.1, 0.15) is 11.6 Å². The lowest BCUT2D eigenvalue weighted by atomic mass is 10.1. The molecule has 4 heteroatoms. The number of carbonyl (C=O) groups is 1. The van der Waals surface area contributed by atoms with Crippen LogP contribution in [0.2, 0.25) is 0 Å². The highest BCUT2D eigenvalue weighted by Crippen LogP contribution is 2.26. The second kappa shape index (κ2) is 3.73. The predicted molar refractivity (Wildman–Crippen MR) is 51.9 cm³/mol. The lowest BCUT2D eigenvalue weighted by molar-refractivity contribution is -0.146. The Labute approximate surface area is 86.1 Å². The van der Waals surface area contributed by atoms with Crippen molar-refractivity contribution < 1.29 is 18.7 Å². The standard InChI is InChI=1S/C11H9FO3/c1-14-11(13)10-4-2-7-6-8(12)3-5-9(7)15-10/h2-6,10H,1H3/t10-/m1/s1. The average Bonchev–Trinajstić information content (AvgIpc) is 2.27. The minimum absolute atomic E-state index is 0.335. The van der Waals surface area contributed by atoms with E-state index in [4.69, 9.17) is 4.74 Å². The Morgan fingerprint density at radius 3 is 3.07 bits per heavy atom. The van der Waals surface area contributed by atoms with Gasteiger partial charge in [-0.15, -0.1) is 0 Å². The third kappa shape index (κ3) is 1.83. The molecule has 0 saturated heterocycles. The summed E-state index contributed by atoms with van der Waals surface area (Å²) in [5, 5.41) is 0. The minimum atomic E-state index is -0.743. The monoisotopic (exact) mass is 208 g/mol. The van der Waals surface area contributed by atoms with Gasteiger partial charge in [-0.05, 0) is 24.3 Å². The Hall–Kier alpha value is -1.84. The van der Waals surface area contributed by atoms with E-state index in [2.05, 4.69) is 4.74 Å². The van der Waals surface area contributed by atoms with E-state index in [0.717, 1.165) is 0 Å². The van der Waals surface area contributed by atoms with Crippen molar-refractivity contribution >= 4 is 12.0 Å².